The van der Waals surface area contributed by atoms with Gasteiger partial charge in [0.15, 0.2) is 0 Å². The number of piperidine rings is 1. The van der Waals surface area contributed by atoms with Gasteiger partial charge in [-0.05, 0) is 54.8 Å². The zero-order valence-electron chi connectivity index (χ0n) is 12.2. The van der Waals surface area contributed by atoms with Gasteiger partial charge in [-0.2, -0.15) is 0 Å². The Kier molecular flexibility index (Phi) is 2.60. The van der Waals surface area contributed by atoms with Gasteiger partial charge in [-0.25, -0.2) is 0 Å². The van der Waals surface area contributed by atoms with Crippen LogP contribution in [0.25, 0.3) is 0 Å². The Hall–Kier alpha value is -0.820. The summed E-state index contributed by atoms with van der Waals surface area (Å²) >= 11 is 0. The highest BCUT2D eigenvalue weighted by Crippen LogP contribution is 2.61. The second-order valence-electron chi connectivity index (χ2n) is 7.27. The monoisotopic (exact) mass is 243 g/mol. The second-order valence-corrected chi connectivity index (χ2v) is 7.27. The minimum atomic E-state index is 0.366. The summed E-state index contributed by atoms with van der Waals surface area (Å²) in [6.45, 7) is 8.55. The fraction of sp³-hybridized carbons (Fsp3) is 0.647. The van der Waals surface area contributed by atoms with Crippen molar-refractivity contribution in [2.45, 2.75) is 46.1 Å². The van der Waals surface area contributed by atoms with Crippen LogP contribution in [0.5, 0.6) is 0 Å². The lowest BCUT2D eigenvalue weighted by atomic mass is 9.58. The summed E-state index contributed by atoms with van der Waals surface area (Å²) in [5, 5.41) is 0. The van der Waals surface area contributed by atoms with Crippen molar-refractivity contribution in [2.24, 2.45) is 10.8 Å². The summed E-state index contributed by atoms with van der Waals surface area (Å²) in [5.74, 6) is 0. The first-order chi connectivity index (χ1) is 8.46. The molecule has 1 nitrogen and oxygen atoms in total. The fourth-order valence-electron chi connectivity index (χ4n) is 4.40. The molecule has 1 aromatic carbocycles. The molecule has 0 unspecified atom stereocenters. The van der Waals surface area contributed by atoms with Crippen molar-refractivity contribution in [3.63, 3.8) is 0 Å². The van der Waals surface area contributed by atoms with E-state index in [9.17, 15) is 0 Å². The summed E-state index contributed by atoms with van der Waals surface area (Å²) in [6, 6.07) is 9.74. The van der Waals surface area contributed by atoms with Crippen LogP contribution in [0.2, 0.25) is 0 Å². The normalized spacial score (nSPS) is 32.1. The van der Waals surface area contributed by atoms with Crippen LogP contribution < -0.4 is 0 Å². The van der Waals surface area contributed by atoms with Crippen molar-refractivity contribution in [1.29, 1.82) is 0 Å². The number of hydrogen-bond donors (Lipinski definition) is 0. The first-order valence-corrected chi connectivity index (χ1v) is 7.24. The Morgan fingerprint density at radius 3 is 2.67 bits per heavy atom. The average molecular weight is 243 g/mol. The number of likely N-dealkylation sites (tertiary alicyclic amines) is 1. The molecule has 0 bridgehead atoms. The SMILES string of the molecule is CN1CCC[C@]2(C(C)(C)C)Cc3ccccc3[C@H]12. The van der Waals surface area contributed by atoms with Crippen LogP contribution in [0, 0.1) is 10.8 Å². The number of nitrogens with zero attached hydrogens (tertiary/aromatic N) is 1. The molecule has 3 rings (SSSR count). The van der Waals surface area contributed by atoms with Crippen molar-refractivity contribution < 1.29 is 0 Å². The zero-order valence-corrected chi connectivity index (χ0v) is 12.2. The van der Waals surface area contributed by atoms with Gasteiger partial charge in [0.1, 0.15) is 0 Å². The van der Waals surface area contributed by atoms with Crippen molar-refractivity contribution in [3.8, 4) is 0 Å². The van der Waals surface area contributed by atoms with Crippen LogP contribution in [-0.4, -0.2) is 18.5 Å². The number of benzene rings is 1. The molecular weight excluding hydrogens is 218 g/mol. The lowest BCUT2D eigenvalue weighted by molar-refractivity contribution is -0.0422. The van der Waals surface area contributed by atoms with E-state index in [1.807, 2.05) is 0 Å². The average Bonchev–Trinajstić information content (AvgIpc) is 2.65. The molecule has 1 aliphatic carbocycles. The minimum Gasteiger partial charge on any atom is -0.299 e. The maximum absolute atomic E-state index is 2.60. The van der Waals surface area contributed by atoms with Crippen LogP contribution in [0.1, 0.15) is 50.8 Å². The first-order valence-electron chi connectivity index (χ1n) is 7.24. The van der Waals surface area contributed by atoms with Gasteiger partial charge in [0, 0.05) is 6.04 Å². The summed E-state index contributed by atoms with van der Waals surface area (Å²) in [7, 11) is 2.31. The van der Waals surface area contributed by atoms with Gasteiger partial charge < -0.3 is 0 Å². The largest absolute Gasteiger partial charge is 0.299 e. The molecule has 1 aliphatic heterocycles. The van der Waals surface area contributed by atoms with Crippen LogP contribution in [0.3, 0.4) is 0 Å². The lowest BCUT2D eigenvalue weighted by Gasteiger charge is -2.53. The van der Waals surface area contributed by atoms with Gasteiger partial charge in [0.2, 0.25) is 0 Å². The summed E-state index contributed by atoms with van der Waals surface area (Å²) in [6.07, 6.45) is 3.99. The predicted molar refractivity (Wildman–Crippen MR) is 76.6 cm³/mol. The molecule has 0 saturated carbocycles. The third kappa shape index (κ3) is 1.50. The second kappa shape index (κ2) is 3.84. The number of fused-ring (bicyclic) bond motifs is 3. The summed E-state index contributed by atoms with van der Waals surface area (Å²) < 4.78 is 0. The highest BCUT2D eigenvalue weighted by atomic mass is 15.2. The van der Waals surface area contributed by atoms with Crippen molar-refractivity contribution >= 4 is 0 Å². The quantitative estimate of drug-likeness (QED) is 0.664. The molecule has 18 heavy (non-hydrogen) atoms. The first kappa shape index (κ1) is 12.2. The Balaban J connectivity index is 2.15. The summed E-state index contributed by atoms with van der Waals surface area (Å²) in [4.78, 5) is 2.60. The molecule has 1 heteroatoms. The van der Waals surface area contributed by atoms with E-state index < -0.39 is 0 Å². The minimum absolute atomic E-state index is 0.366. The molecule has 2 aliphatic rings. The topological polar surface area (TPSA) is 3.24 Å². The molecule has 0 amide bonds. The van der Waals surface area contributed by atoms with Crippen molar-refractivity contribution in [1.82, 2.24) is 4.90 Å². The van der Waals surface area contributed by atoms with E-state index in [-0.39, 0.29) is 0 Å². The van der Waals surface area contributed by atoms with E-state index in [0.717, 1.165) is 0 Å². The number of rotatable bonds is 0. The van der Waals surface area contributed by atoms with Crippen molar-refractivity contribution in [2.75, 3.05) is 13.6 Å². The molecular formula is C17H25N. The van der Waals surface area contributed by atoms with Gasteiger partial charge >= 0.3 is 0 Å². The molecule has 1 saturated heterocycles. The molecule has 0 aromatic heterocycles. The van der Waals surface area contributed by atoms with Crippen LogP contribution >= 0.6 is 0 Å². The molecule has 2 atom stereocenters. The number of hydrogen-bond acceptors (Lipinski definition) is 1. The lowest BCUT2D eigenvalue weighted by Crippen LogP contribution is -2.49. The standard InChI is InChI=1S/C17H25N/c1-16(2,3)17-10-7-11-18(4)15(17)14-9-6-5-8-13(14)12-17/h5-6,8-9,15H,7,10-12H2,1-4H3/t15-,17-/m0/s1. The molecule has 98 valence electrons. The Morgan fingerprint density at radius 2 is 1.94 bits per heavy atom. The van der Waals surface area contributed by atoms with Gasteiger partial charge in [0.25, 0.3) is 0 Å². The third-order valence-corrected chi connectivity index (χ3v) is 5.45. The third-order valence-electron chi connectivity index (χ3n) is 5.45. The Bertz CT molecular complexity index is 457. The van der Waals surface area contributed by atoms with Gasteiger partial charge in [-0.1, -0.05) is 45.0 Å². The molecule has 0 N–H and O–H groups in total. The van der Waals surface area contributed by atoms with E-state index >= 15 is 0 Å². The molecule has 0 radical (unpaired) electrons. The van der Waals surface area contributed by atoms with Crippen LogP contribution in [-0.2, 0) is 6.42 Å². The highest BCUT2D eigenvalue weighted by Gasteiger charge is 2.55. The molecule has 0 spiro atoms. The zero-order chi connectivity index (χ0) is 13.0. The maximum Gasteiger partial charge on any atom is 0.0412 e. The van der Waals surface area contributed by atoms with E-state index in [1.54, 1.807) is 11.1 Å². The predicted octanol–water partition coefficient (Wildman–Crippen LogP) is 4.04. The van der Waals surface area contributed by atoms with Crippen LogP contribution in [0.4, 0.5) is 0 Å². The fourth-order valence-corrected chi connectivity index (χ4v) is 4.40. The van der Waals surface area contributed by atoms with Crippen molar-refractivity contribution in [3.05, 3.63) is 35.4 Å². The maximum atomic E-state index is 2.60. The molecule has 1 heterocycles. The van der Waals surface area contributed by atoms with E-state index in [4.69, 9.17) is 0 Å². The van der Waals surface area contributed by atoms with Crippen LogP contribution in [0.15, 0.2) is 24.3 Å². The van der Waals surface area contributed by atoms with Gasteiger partial charge in [-0.3, -0.25) is 4.90 Å². The molecule has 1 aromatic rings. The van der Waals surface area contributed by atoms with Gasteiger partial charge in [-0.15, -0.1) is 0 Å². The highest BCUT2D eigenvalue weighted by molar-refractivity contribution is 5.39. The van der Waals surface area contributed by atoms with Gasteiger partial charge in [0.05, 0.1) is 0 Å². The summed E-state index contributed by atoms with van der Waals surface area (Å²) in [5.41, 5.74) is 3.98. The Morgan fingerprint density at radius 1 is 1.22 bits per heavy atom. The van der Waals surface area contributed by atoms with E-state index in [2.05, 4.69) is 57.0 Å². The molecule has 1 fully saturated rings. The Labute approximate surface area is 111 Å². The van der Waals surface area contributed by atoms with E-state index in [0.29, 0.717) is 16.9 Å². The smallest absolute Gasteiger partial charge is 0.0412 e. The van der Waals surface area contributed by atoms with E-state index in [1.165, 1.54) is 25.8 Å².